The molecule has 0 unspecified atom stereocenters. The van der Waals surface area contributed by atoms with Gasteiger partial charge in [-0.25, -0.2) is 9.59 Å². The number of esters is 1. The van der Waals surface area contributed by atoms with Crippen molar-refractivity contribution in [3.8, 4) is 0 Å². The van der Waals surface area contributed by atoms with Crippen molar-refractivity contribution in [3.63, 3.8) is 0 Å². The average Bonchev–Trinajstić information content (AvgIpc) is 3.30. The van der Waals surface area contributed by atoms with Crippen LogP contribution in [0, 0.1) is 5.92 Å². The van der Waals surface area contributed by atoms with Crippen LogP contribution in [0.5, 0.6) is 0 Å². The Morgan fingerprint density at radius 1 is 1.13 bits per heavy atom. The summed E-state index contributed by atoms with van der Waals surface area (Å²) in [5, 5.41) is 18.9. The largest absolute Gasteiger partial charge is 0.464 e. The Bertz CT molecular complexity index is 1440. The lowest BCUT2D eigenvalue weighted by Gasteiger charge is -2.30. The third kappa shape index (κ3) is 7.91. The highest BCUT2D eigenvalue weighted by Gasteiger charge is 2.62. The van der Waals surface area contributed by atoms with Crippen LogP contribution in [0.4, 0.5) is 4.79 Å². The third-order valence-corrected chi connectivity index (χ3v) is 8.61. The van der Waals surface area contributed by atoms with Gasteiger partial charge in [0.1, 0.15) is 23.2 Å². The summed E-state index contributed by atoms with van der Waals surface area (Å²) in [5.41, 5.74) is -0.921. The van der Waals surface area contributed by atoms with Gasteiger partial charge in [0.05, 0.1) is 13.2 Å². The minimum absolute atomic E-state index is 0.149. The predicted octanol–water partition coefficient (Wildman–Crippen LogP) is 3.26. The highest BCUT2D eigenvalue weighted by molar-refractivity contribution is 5.96. The molecule has 248 valence electrons. The van der Waals surface area contributed by atoms with Gasteiger partial charge in [0, 0.05) is 18.4 Å². The van der Waals surface area contributed by atoms with Gasteiger partial charge >= 0.3 is 12.1 Å². The van der Waals surface area contributed by atoms with E-state index in [1.165, 1.54) is 9.70 Å². The van der Waals surface area contributed by atoms with Crippen molar-refractivity contribution < 1.29 is 28.7 Å². The molecule has 13 nitrogen and oxygen atoms in total. The van der Waals surface area contributed by atoms with Crippen LogP contribution in [0.3, 0.4) is 0 Å². The van der Waals surface area contributed by atoms with Crippen LogP contribution in [0.1, 0.15) is 89.9 Å². The number of hydrogen-bond acceptors (Lipinski definition) is 9. The van der Waals surface area contributed by atoms with E-state index in [1.54, 1.807) is 27.7 Å². The second-order valence-electron chi connectivity index (χ2n) is 13.4. The molecule has 0 radical (unpaired) electrons. The fourth-order valence-corrected chi connectivity index (χ4v) is 6.22. The quantitative estimate of drug-likeness (QED) is 0.359. The van der Waals surface area contributed by atoms with Gasteiger partial charge in [0.2, 0.25) is 11.8 Å². The smallest absolute Gasteiger partial charge is 0.408 e. The molecule has 2 fully saturated rings. The first-order valence-corrected chi connectivity index (χ1v) is 16.3. The van der Waals surface area contributed by atoms with Crippen LogP contribution < -0.4 is 10.6 Å². The lowest BCUT2D eigenvalue weighted by atomic mass is 10.0. The van der Waals surface area contributed by atoms with Gasteiger partial charge in [-0.2, -0.15) is 4.80 Å². The maximum atomic E-state index is 14.3. The Balaban J connectivity index is 1.43. The zero-order valence-corrected chi connectivity index (χ0v) is 27.1. The van der Waals surface area contributed by atoms with Crippen LogP contribution in [0.25, 0.3) is 0 Å². The number of hydrogen-bond donors (Lipinski definition) is 2. The summed E-state index contributed by atoms with van der Waals surface area (Å²) < 4.78 is 10.9. The summed E-state index contributed by atoms with van der Waals surface area (Å²) in [5.74, 6) is -1.49. The van der Waals surface area contributed by atoms with Crippen LogP contribution >= 0.6 is 0 Å². The predicted molar refractivity (Wildman–Crippen MR) is 167 cm³/mol. The molecule has 1 aromatic carbocycles. The van der Waals surface area contributed by atoms with Gasteiger partial charge in [-0.3, -0.25) is 9.59 Å². The Hall–Kier alpha value is -4.29. The summed E-state index contributed by atoms with van der Waals surface area (Å²) in [6, 6.07) is 7.91. The second kappa shape index (κ2) is 14.0. The minimum Gasteiger partial charge on any atom is -0.464 e. The number of benzene rings is 1. The Kier molecular flexibility index (Phi) is 10.1. The Morgan fingerprint density at radius 3 is 2.65 bits per heavy atom. The lowest BCUT2D eigenvalue weighted by molar-refractivity contribution is -0.150. The summed E-state index contributed by atoms with van der Waals surface area (Å²) in [7, 11) is 0. The average molecular weight is 636 g/mol. The minimum atomic E-state index is -1.18. The molecule has 46 heavy (non-hydrogen) atoms. The van der Waals surface area contributed by atoms with Crippen LogP contribution in [-0.4, -0.2) is 85.4 Å². The van der Waals surface area contributed by atoms with E-state index in [4.69, 9.17) is 9.47 Å². The SMILES string of the molecule is CCOC(=O)[C@@]12C[C@H]1/C=C\CCCCC[C@H](NC(=O)OC(C)(C)C)C(=O)N1C[C@H](c3nnn(Cc4ccccc4)n3)C[C@H]1C(=O)N2. The van der Waals surface area contributed by atoms with Crippen molar-refractivity contribution in [2.45, 2.75) is 108 Å². The van der Waals surface area contributed by atoms with Crippen molar-refractivity contribution in [1.29, 1.82) is 0 Å². The molecule has 2 aliphatic heterocycles. The van der Waals surface area contributed by atoms with Crippen molar-refractivity contribution in [2.24, 2.45) is 5.92 Å². The fraction of sp³-hybridized carbons (Fsp3) is 0.606. The second-order valence-corrected chi connectivity index (χ2v) is 13.4. The van der Waals surface area contributed by atoms with E-state index in [0.717, 1.165) is 24.8 Å². The van der Waals surface area contributed by atoms with E-state index >= 15 is 0 Å². The molecule has 1 aromatic heterocycles. The number of amides is 3. The lowest BCUT2D eigenvalue weighted by Crippen LogP contribution is -2.56. The van der Waals surface area contributed by atoms with E-state index in [-0.39, 0.29) is 25.5 Å². The molecule has 3 amide bonds. The number of rotatable bonds is 6. The number of carbonyl (C=O) groups is 4. The van der Waals surface area contributed by atoms with Gasteiger partial charge in [-0.05, 0) is 70.6 Å². The molecule has 0 bridgehead atoms. The topological polar surface area (TPSA) is 158 Å². The number of aromatic nitrogens is 4. The van der Waals surface area contributed by atoms with Crippen LogP contribution in [0.2, 0.25) is 0 Å². The molecule has 13 heteroatoms. The first-order chi connectivity index (χ1) is 22.0. The summed E-state index contributed by atoms with van der Waals surface area (Å²) in [6.07, 6.45) is 7.59. The molecule has 2 N–H and O–H groups in total. The zero-order valence-electron chi connectivity index (χ0n) is 27.1. The Morgan fingerprint density at radius 2 is 1.91 bits per heavy atom. The van der Waals surface area contributed by atoms with Gasteiger partial charge in [-0.15, -0.1) is 10.2 Å². The number of tetrazole rings is 1. The van der Waals surface area contributed by atoms with E-state index < -0.39 is 53.0 Å². The monoisotopic (exact) mass is 635 g/mol. The highest BCUT2D eigenvalue weighted by atomic mass is 16.6. The van der Waals surface area contributed by atoms with Crippen molar-refractivity contribution in [3.05, 3.63) is 53.9 Å². The van der Waals surface area contributed by atoms with Crippen LogP contribution in [-0.2, 0) is 30.4 Å². The van der Waals surface area contributed by atoms with Gasteiger partial charge in [0.25, 0.3) is 0 Å². The summed E-state index contributed by atoms with van der Waals surface area (Å²) in [6.45, 7) is 7.76. The van der Waals surface area contributed by atoms with Crippen LogP contribution in [0.15, 0.2) is 42.5 Å². The first kappa shape index (κ1) is 33.1. The normalized spacial score (nSPS) is 27.7. The standard InChI is InChI=1S/C33H45N7O6/c1-5-45-30(43)33-19-24(33)16-12-7-6-8-13-17-25(34-31(44)46-32(2,3)4)29(42)39-21-23(18-26(39)28(41)35-33)27-36-38-40(37-27)20-22-14-10-9-11-15-22/h9-12,14-16,23-26H,5-8,13,17-21H2,1-4H3,(H,34,44)(H,35,41)/b16-12-/t23-,24-,25+,26+,33-/m1/s1. The van der Waals surface area contributed by atoms with Gasteiger partial charge in [0.15, 0.2) is 5.82 Å². The number of alkyl carbamates (subject to hydrolysis) is 1. The summed E-state index contributed by atoms with van der Waals surface area (Å²) >= 11 is 0. The van der Waals surface area contributed by atoms with Crippen molar-refractivity contribution in [2.75, 3.05) is 13.2 Å². The molecule has 1 saturated carbocycles. The van der Waals surface area contributed by atoms with E-state index in [2.05, 4.69) is 26.0 Å². The number of ether oxygens (including phenoxy) is 2. The molecule has 3 heterocycles. The highest BCUT2D eigenvalue weighted by Crippen LogP contribution is 2.46. The molecule has 1 aliphatic carbocycles. The number of fused-ring (bicyclic) bond motifs is 2. The van der Waals surface area contributed by atoms with E-state index in [1.807, 2.05) is 42.5 Å². The molecular weight excluding hydrogens is 590 g/mol. The van der Waals surface area contributed by atoms with Gasteiger partial charge in [-0.1, -0.05) is 55.3 Å². The molecule has 1 saturated heterocycles. The molecule has 3 aliphatic rings. The van der Waals surface area contributed by atoms with E-state index in [9.17, 15) is 19.2 Å². The number of carbonyl (C=O) groups excluding carboxylic acids is 4. The number of nitrogens with zero attached hydrogens (tertiary/aromatic N) is 5. The van der Waals surface area contributed by atoms with Crippen molar-refractivity contribution >= 4 is 23.9 Å². The molecular formula is C33H45N7O6. The first-order valence-electron chi connectivity index (χ1n) is 16.3. The van der Waals surface area contributed by atoms with Crippen molar-refractivity contribution in [1.82, 2.24) is 35.7 Å². The maximum Gasteiger partial charge on any atom is 0.408 e. The molecule has 0 spiro atoms. The van der Waals surface area contributed by atoms with Gasteiger partial charge < -0.3 is 25.0 Å². The number of nitrogens with one attached hydrogen (secondary N) is 2. The Labute approximate surface area is 269 Å². The number of allylic oxidation sites excluding steroid dienone is 1. The summed E-state index contributed by atoms with van der Waals surface area (Å²) in [4.78, 5) is 57.3. The maximum absolute atomic E-state index is 14.3. The third-order valence-electron chi connectivity index (χ3n) is 8.61. The molecule has 5 atom stereocenters. The molecule has 5 rings (SSSR count). The zero-order chi connectivity index (χ0) is 32.9. The molecule has 2 aromatic rings. The fourth-order valence-electron chi connectivity index (χ4n) is 6.22. The van der Waals surface area contributed by atoms with E-state index in [0.29, 0.717) is 31.6 Å².